The fraction of sp³-hybridized carbons (Fsp3) is 0.625. The van der Waals surface area contributed by atoms with Crippen molar-refractivity contribution in [2.24, 2.45) is 0 Å². The largest absolute Gasteiger partial charge is 0.390 e. The summed E-state index contributed by atoms with van der Waals surface area (Å²) in [7, 11) is 2.15. The Balaban J connectivity index is 0.00000220. The van der Waals surface area contributed by atoms with E-state index < -0.39 is 5.60 Å². The summed E-state index contributed by atoms with van der Waals surface area (Å²) in [6, 6.07) is 7.87. The van der Waals surface area contributed by atoms with E-state index in [-0.39, 0.29) is 30.7 Å². The van der Waals surface area contributed by atoms with Crippen molar-refractivity contribution in [2.45, 2.75) is 25.4 Å². The van der Waals surface area contributed by atoms with Crippen LogP contribution in [-0.4, -0.2) is 60.3 Å². The van der Waals surface area contributed by atoms with Gasteiger partial charge >= 0.3 is 0 Å². The predicted octanol–water partition coefficient (Wildman–Crippen LogP) is 3.29. The van der Waals surface area contributed by atoms with Gasteiger partial charge in [-0.3, -0.25) is 0 Å². The molecule has 1 aromatic carbocycles. The molecule has 1 saturated heterocycles. The second kappa shape index (κ2) is 9.31. The highest BCUT2D eigenvalue weighted by Crippen LogP contribution is 2.30. The number of hydrogen-bond donors (Lipinski definition) is 1. The molecule has 2 rings (SSSR count). The molecule has 0 amide bonds. The highest BCUT2D eigenvalue weighted by Gasteiger charge is 2.31. The standard InChI is InChI=1S/C16H25ClN2O.2ClH/c1-16(2,20)15(13-5-4-6-14(17)11-13)12-19-9-7-18(3)8-10-19;;/h4-6,11,15,20H,7-10,12H2,1-3H3;2*1H. The van der Waals surface area contributed by atoms with Crippen LogP contribution < -0.4 is 0 Å². The first-order valence-corrected chi connectivity index (χ1v) is 7.63. The van der Waals surface area contributed by atoms with Gasteiger partial charge in [0.25, 0.3) is 0 Å². The molecule has 0 bridgehead atoms. The average molecular weight is 370 g/mol. The number of piperazine rings is 1. The van der Waals surface area contributed by atoms with Gasteiger partial charge in [0.05, 0.1) is 5.60 Å². The molecule has 1 heterocycles. The van der Waals surface area contributed by atoms with Crippen molar-refractivity contribution in [3.63, 3.8) is 0 Å². The summed E-state index contributed by atoms with van der Waals surface area (Å²) in [6.07, 6.45) is 0. The summed E-state index contributed by atoms with van der Waals surface area (Å²) in [5.41, 5.74) is 0.359. The zero-order chi connectivity index (χ0) is 14.8. The van der Waals surface area contributed by atoms with E-state index in [4.69, 9.17) is 11.6 Å². The van der Waals surface area contributed by atoms with Crippen LogP contribution in [0, 0.1) is 0 Å². The molecule has 1 unspecified atom stereocenters. The Bertz CT molecular complexity index is 443. The molecule has 0 saturated carbocycles. The molecule has 0 aliphatic carbocycles. The molecule has 6 heteroatoms. The van der Waals surface area contributed by atoms with Gasteiger partial charge < -0.3 is 14.9 Å². The topological polar surface area (TPSA) is 26.7 Å². The molecule has 1 aliphatic heterocycles. The number of aliphatic hydroxyl groups is 1. The van der Waals surface area contributed by atoms with Crippen molar-refractivity contribution >= 4 is 36.4 Å². The van der Waals surface area contributed by atoms with E-state index in [0.717, 1.165) is 43.3 Å². The lowest BCUT2D eigenvalue weighted by Gasteiger charge is -2.38. The first-order valence-electron chi connectivity index (χ1n) is 7.25. The molecule has 128 valence electrons. The predicted molar refractivity (Wildman–Crippen MR) is 98.9 cm³/mol. The van der Waals surface area contributed by atoms with Crippen molar-refractivity contribution in [1.82, 2.24) is 9.80 Å². The lowest BCUT2D eigenvalue weighted by Crippen LogP contribution is -2.48. The fourth-order valence-corrected chi connectivity index (χ4v) is 2.95. The van der Waals surface area contributed by atoms with Crippen LogP contribution in [0.5, 0.6) is 0 Å². The molecule has 0 spiro atoms. The highest BCUT2D eigenvalue weighted by molar-refractivity contribution is 6.30. The Kier molecular flexibility index (Phi) is 9.30. The van der Waals surface area contributed by atoms with Crippen LogP contribution in [0.2, 0.25) is 5.02 Å². The number of halogens is 3. The number of hydrogen-bond acceptors (Lipinski definition) is 3. The van der Waals surface area contributed by atoms with E-state index in [1.807, 2.05) is 32.0 Å². The monoisotopic (exact) mass is 368 g/mol. The molecular formula is C16H27Cl3N2O. The maximum Gasteiger partial charge on any atom is 0.0672 e. The lowest BCUT2D eigenvalue weighted by atomic mass is 9.84. The molecule has 1 aliphatic rings. The van der Waals surface area contributed by atoms with Crippen LogP contribution in [0.15, 0.2) is 24.3 Å². The minimum Gasteiger partial charge on any atom is -0.390 e. The zero-order valence-electron chi connectivity index (χ0n) is 13.5. The summed E-state index contributed by atoms with van der Waals surface area (Å²) in [5.74, 6) is 0.0737. The van der Waals surface area contributed by atoms with Gasteiger partial charge in [-0.2, -0.15) is 0 Å². The molecule has 3 nitrogen and oxygen atoms in total. The van der Waals surface area contributed by atoms with Crippen LogP contribution >= 0.6 is 36.4 Å². The van der Waals surface area contributed by atoms with E-state index in [2.05, 4.69) is 22.9 Å². The van der Waals surface area contributed by atoms with E-state index >= 15 is 0 Å². The molecular weight excluding hydrogens is 343 g/mol. The third-order valence-corrected chi connectivity index (χ3v) is 4.38. The number of nitrogens with zero attached hydrogens (tertiary/aromatic N) is 2. The number of rotatable bonds is 4. The Morgan fingerprint density at radius 2 is 1.77 bits per heavy atom. The van der Waals surface area contributed by atoms with E-state index in [0.29, 0.717) is 0 Å². The second-order valence-corrected chi connectivity index (χ2v) is 6.80. The Hall–Kier alpha value is -0.0300. The van der Waals surface area contributed by atoms with Crippen LogP contribution in [0.3, 0.4) is 0 Å². The van der Waals surface area contributed by atoms with Gasteiger partial charge in [-0.05, 0) is 38.6 Å². The van der Waals surface area contributed by atoms with E-state index in [1.165, 1.54) is 0 Å². The van der Waals surface area contributed by atoms with Gasteiger partial charge in [-0.25, -0.2) is 0 Å². The number of likely N-dealkylation sites (N-methyl/N-ethyl adjacent to an activating group) is 1. The Morgan fingerprint density at radius 3 is 2.27 bits per heavy atom. The number of benzene rings is 1. The zero-order valence-corrected chi connectivity index (χ0v) is 15.8. The van der Waals surface area contributed by atoms with Crippen LogP contribution in [0.4, 0.5) is 0 Å². The Morgan fingerprint density at radius 1 is 1.18 bits per heavy atom. The minimum atomic E-state index is -0.756. The van der Waals surface area contributed by atoms with Crippen LogP contribution in [0.25, 0.3) is 0 Å². The first kappa shape index (κ1) is 22.0. The molecule has 0 radical (unpaired) electrons. The summed E-state index contributed by atoms with van der Waals surface area (Å²) in [5, 5.41) is 11.3. The molecule has 1 fully saturated rings. The van der Waals surface area contributed by atoms with Gasteiger partial charge in [0.1, 0.15) is 0 Å². The quantitative estimate of drug-likeness (QED) is 0.882. The van der Waals surface area contributed by atoms with Crippen LogP contribution in [0.1, 0.15) is 25.3 Å². The SMILES string of the molecule is CN1CCN(CC(c2cccc(Cl)c2)C(C)(C)O)CC1.Cl.Cl. The maximum absolute atomic E-state index is 10.5. The minimum absolute atomic E-state index is 0. The van der Waals surface area contributed by atoms with E-state index in [1.54, 1.807) is 0 Å². The van der Waals surface area contributed by atoms with Gasteiger partial charge in [0, 0.05) is 43.7 Å². The van der Waals surface area contributed by atoms with Crippen molar-refractivity contribution in [2.75, 3.05) is 39.8 Å². The third kappa shape index (κ3) is 6.23. The van der Waals surface area contributed by atoms with Crippen molar-refractivity contribution < 1.29 is 5.11 Å². The molecule has 22 heavy (non-hydrogen) atoms. The summed E-state index contributed by atoms with van der Waals surface area (Å²) in [6.45, 7) is 8.94. The second-order valence-electron chi connectivity index (χ2n) is 6.37. The first-order chi connectivity index (χ1) is 9.36. The normalized spacial score (nSPS) is 18.2. The van der Waals surface area contributed by atoms with Gasteiger partial charge in [0.2, 0.25) is 0 Å². The molecule has 1 atom stereocenters. The Labute approximate surface area is 151 Å². The fourth-order valence-electron chi connectivity index (χ4n) is 2.75. The van der Waals surface area contributed by atoms with Gasteiger partial charge in [-0.1, -0.05) is 23.7 Å². The van der Waals surface area contributed by atoms with Crippen LogP contribution in [-0.2, 0) is 0 Å². The molecule has 0 aromatic heterocycles. The maximum atomic E-state index is 10.5. The van der Waals surface area contributed by atoms with Crippen molar-refractivity contribution in [3.8, 4) is 0 Å². The average Bonchev–Trinajstić information content (AvgIpc) is 2.36. The lowest BCUT2D eigenvalue weighted by molar-refractivity contribution is 0.0275. The smallest absolute Gasteiger partial charge is 0.0672 e. The summed E-state index contributed by atoms with van der Waals surface area (Å²) < 4.78 is 0. The molecule has 1 aromatic rings. The van der Waals surface area contributed by atoms with Crippen molar-refractivity contribution in [1.29, 1.82) is 0 Å². The highest BCUT2D eigenvalue weighted by atomic mass is 35.5. The molecule has 1 N–H and O–H groups in total. The third-order valence-electron chi connectivity index (χ3n) is 4.14. The van der Waals surface area contributed by atoms with Gasteiger partial charge in [-0.15, -0.1) is 24.8 Å². The summed E-state index contributed by atoms with van der Waals surface area (Å²) in [4.78, 5) is 4.78. The van der Waals surface area contributed by atoms with Crippen molar-refractivity contribution in [3.05, 3.63) is 34.9 Å². The van der Waals surface area contributed by atoms with E-state index in [9.17, 15) is 5.11 Å². The summed E-state index contributed by atoms with van der Waals surface area (Å²) >= 11 is 6.10. The van der Waals surface area contributed by atoms with Gasteiger partial charge in [0.15, 0.2) is 0 Å².